The molecule has 3 rings (SSSR count). The lowest BCUT2D eigenvalue weighted by molar-refractivity contribution is 0.608. The maximum atomic E-state index is 13.1. The molecule has 1 heterocycles. The second-order valence-electron chi connectivity index (χ2n) is 4.48. The molecule has 0 fully saturated rings. The van der Waals surface area contributed by atoms with Crippen LogP contribution in [-0.4, -0.2) is 0 Å². The van der Waals surface area contributed by atoms with E-state index in [4.69, 9.17) is 4.42 Å². The van der Waals surface area contributed by atoms with Gasteiger partial charge < -0.3 is 4.42 Å². The Morgan fingerprint density at radius 2 is 1.74 bits per heavy atom. The minimum Gasteiger partial charge on any atom is -0.456 e. The first-order valence-corrected chi connectivity index (χ1v) is 5.94. The summed E-state index contributed by atoms with van der Waals surface area (Å²) in [7, 11) is 0. The molecule has 0 saturated heterocycles. The largest absolute Gasteiger partial charge is 0.456 e. The van der Waals surface area contributed by atoms with Crippen LogP contribution in [0.5, 0.6) is 0 Å². The van der Waals surface area contributed by atoms with Gasteiger partial charge in [0.15, 0.2) is 5.43 Å². The van der Waals surface area contributed by atoms with E-state index < -0.39 is 5.82 Å². The average Bonchev–Trinajstić information content (AvgIpc) is 2.40. The third-order valence-electron chi connectivity index (χ3n) is 3.03. The van der Waals surface area contributed by atoms with Crippen LogP contribution in [0.1, 0.15) is 5.56 Å². The van der Waals surface area contributed by atoms with Gasteiger partial charge in [-0.25, -0.2) is 4.39 Å². The summed E-state index contributed by atoms with van der Waals surface area (Å²) < 4.78 is 18.8. The van der Waals surface area contributed by atoms with Crippen LogP contribution >= 0.6 is 0 Å². The molecule has 0 bridgehead atoms. The van der Waals surface area contributed by atoms with E-state index in [9.17, 15) is 9.18 Å². The molecule has 0 saturated carbocycles. The van der Waals surface area contributed by atoms with Crippen molar-refractivity contribution in [1.29, 1.82) is 0 Å². The lowest BCUT2D eigenvalue weighted by Crippen LogP contribution is -2.00. The molecule has 0 radical (unpaired) electrons. The van der Waals surface area contributed by atoms with Crippen LogP contribution < -0.4 is 5.43 Å². The Labute approximate surface area is 109 Å². The van der Waals surface area contributed by atoms with Crippen molar-refractivity contribution in [2.75, 3.05) is 0 Å². The molecule has 0 N–H and O–H groups in total. The zero-order chi connectivity index (χ0) is 13.4. The van der Waals surface area contributed by atoms with Crippen molar-refractivity contribution in [3.8, 4) is 11.3 Å². The number of aryl methyl sites for hydroxylation is 1. The summed E-state index contributed by atoms with van der Waals surface area (Å²) in [4.78, 5) is 12.0. The van der Waals surface area contributed by atoms with Gasteiger partial charge in [0, 0.05) is 11.6 Å². The molecule has 19 heavy (non-hydrogen) atoms. The third kappa shape index (κ3) is 2.15. The average molecular weight is 254 g/mol. The highest BCUT2D eigenvalue weighted by Crippen LogP contribution is 2.22. The highest BCUT2D eigenvalue weighted by Gasteiger charge is 2.07. The van der Waals surface area contributed by atoms with Crippen molar-refractivity contribution in [3.63, 3.8) is 0 Å². The quantitative estimate of drug-likeness (QED) is 0.659. The van der Waals surface area contributed by atoms with Crippen molar-refractivity contribution in [2.24, 2.45) is 0 Å². The van der Waals surface area contributed by atoms with E-state index in [2.05, 4.69) is 0 Å². The first-order chi connectivity index (χ1) is 9.13. The lowest BCUT2D eigenvalue weighted by Gasteiger charge is -2.03. The summed E-state index contributed by atoms with van der Waals surface area (Å²) in [6, 6.07) is 13.0. The fourth-order valence-electron chi connectivity index (χ4n) is 1.99. The number of rotatable bonds is 1. The molecule has 0 aliphatic carbocycles. The molecule has 0 atom stereocenters. The first kappa shape index (κ1) is 11.7. The second-order valence-corrected chi connectivity index (χ2v) is 4.48. The molecule has 0 aliphatic rings. The summed E-state index contributed by atoms with van der Waals surface area (Å²) in [5.74, 6) is 0.0481. The van der Waals surface area contributed by atoms with Crippen LogP contribution in [0, 0.1) is 12.7 Å². The Kier molecular flexibility index (Phi) is 2.67. The molecule has 2 nitrogen and oxygen atoms in total. The van der Waals surface area contributed by atoms with Crippen LogP contribution in [0.15, 0.2) is 57.7 Å². The SMILES string of the molecule is Cc1ccc(-c2cc(=O)c3cc(F)ccc3o2)cc1. The standard InChI is InChI=1S/C16H11FO2/c1-10-2-4-11(5-3-10)16-9-14(18)13-8-12(17)6-7-15(13)19-16/h2-9H,1H3. The van der Waals surface area contributed by atoms with E-state index in [1.165, 1.54) is 24.3 Å². The van der Waals surface area contributed by atoms with E-state index in [1.54, 1.807) is 0 Å². The monoisotopic (exact) mass is 254 g/mol. The Morgan fingerprint density at radius 3 is 2.47 bits per heavy atom. The third-order valence-corrected chi connectivity index (χ3v) is 3.03. The van der Waals surface area contributed by atoms with Crippen molar-refractivity contribution in [3.05, 3.63) is 70.1 Å². The molecule has 1 aromatic heterocycles. The fourth-order valence-corrected chi connectivity index (χ4v) is 1.99. The summed E-state index contributed by atoms with van der Waals surface area (Å²) in [5, 5.41) is 0.260. The summed E-state index contributed by atoms with van der Waals surface area (Å²) in [6.07, 6.45) is 0. The highest BCUT2D eigenvalue weighted by atomic mass is 19.1. The van der Waals surface area contributed by atoms with Crippen LogP contribution in [0.4, 0.5) is 4.39 Å². The predicted molar refractivity (Wildman–Crippen MR) is 72.6 cm³/mol. The van der Waals surface area contributed by atoms with Crippen LogP contribution in [-0.2, 0) is 0 Å². The zero-order valence-electron chi connectivity index (χ0n) is 10.3. The fraction of sp³-hybridized carbons (Fsp3) is 0.0625. The van der Waals surface area contributed by atoms with Crippen LogP contribution in [0.25, 0.3) is 22.3 Å². The molecule has 2 aromatic carbocycles. The Balaban J connectivity index is 2.24. The lowest BCUT2D eigenvalue weighted by atomic mass is 10.1. The van der Waals surface area contributed by atoms with Gasteiger partial charge in [-0.05, 0) is 25.1 Å². The molecule has 0 amide bonds. The van der Waals surface area contributed by atoms with Gasteiger partial charge in [0.1, 0.15) is 17.2 Å². The number of hydrogen-bond acceptors (Lipinski definition) is 2. The van der Waals surface area contributed by atoms with E-state index >= 15 is 0 Å². The number of hydrogen-bond donors (Lipinski definition) is 0. The number of halogens is 1. The summed E-state index contributed by atoms with van der Waals surface area (Å²) >= 11 is 0. The van der Waals surface area contributed by atoms with Gasteiger partial charge in [-0.3, -0.25) is 4.79 Å². The topological polar surface area (TPSA) is 30.2 Å². The van der Waals surface area contributed by atoms with Gasteiger partial charge in [0.05, 0.1) is 5.39 Å². The Bertz CT molecular complexity index is 801. The van der Waals surface area contributed by atoms with E-state index in [0.29, 0.717) is 11.3 Å². The molecule has 0 spiro atoms. The van der Waals surface area contributed by atoms with E-state index in [0.717, 1.165) is 11.1 Å². The van der Waals surface area contributed by atoms with Gasteiger partial charge in [-0.15, -0.1) is 0 Å². The molecule has 0 aliphatic heterocycles. The van der Waals surface area contributed by atoms with Crippen molar-refractivity contribution in [1.82, 2.24) is 0 Å². The Morgan fingerprint density at radius 1 is 1.00 bits per heavy atom. The zero-order valence-corrected chi connectivity index (χ0v) is 10.3. The predicted octanol–water partition coefficient (Wildman–Crippen LogP) is 3.91. The summed E-state index contributed by atoms with van der Waals surface area (Å²) in [6.45, 7) is 1.99. The number of fused-ring (bicyclic) bond motifs is 1. The minimum absolute atomic E-state index is 0.240. The van der Waals surface area contributed by atoms with E-state index in [1.807, 2.05) is 31.2 Å². The van der Waals surface area contributed by atoms with E-state index in [-0.39, 0.29) is 10.8 Å². The number of benzene rings is 2. The maximum absolute atomic E-state index is 13.1. The van der Waals surface area contributed by atoms with Gasteiger partial charge in [0.2, 0.25) is 0 Å². The van der Waals surface area contributed by atoms with Crippen LogP contribution in [0.2, 0.25) is 0 Å². The molecule has 94 valence electrons. The van der Waals surface area contributed by atoms with Crippen molar-refractivity contribution in [2.45, 2.75) is 6.92 Å². The highest BCUT2D eigenvalue weighted by molar-refractivity contribution is 5.78. The normalized spacial score (nSPS) is 10.8. The smallest absolute Gasteiger partial charge is 0.193 e. The van der Waals surface area contributed by atoms with Crippen LogP contribution in [0.3, 0.4) is 0 Å². The van der Waals surface area contributed by atoms with Crippen molar-refractivity contribution < 1.29 is 8.81 Å². The van der Waals surface area contributed by atoms with Crippen molar-refractivity contribution >= 4 is 11.0 Å². The molecule has 0 unspecified atom stereocenters. The summed E-state index contributed by atoms with van der Waals surface area (Å²) in [5.41, 5.74) is 2.11. The molecular formula is C16H11FO2. The van der Waals surface area contributed by atoms with Gasteiger partial charge >= 0.3 is 0 Å². The minimum atomic E-state index is -0.442. The van der Waals surface area contributed by atoms with Gasteiger partial charge in [0.25, 0.3) is 0 Å². The van der Waals surface area contributed by atoms with Gasteiger partial charge in [-0.1, -0.05) is 29.8 Å². The molecular weight excluding hydrogens is 243 g/mol. The maximum Gasteiger partial charge on any atom is 0.193 e. The second kappa shape index (κ2) is 4.35. The molecule has 3 aromatic rings. The Hall–Kier alpha value is -2.42. The first-order valence-electron chi connectivity index (χ1n) is 5.94. The molecule has 3 heteroatoms. The van der Waals surface area contributed by atoms with Gasteiger partial charge in [-0.2, -0.15) is 0 Å².